The van der Waals surface area contributed by atoms with E-state index >= 15 is 0 Å². The van der Waals surface area contributed by atoms with E-state index < -0.39 is 13.5 Å². The van der Waals surface area contributed by atoms with E-state index in [9.17, 15) is 19.7 Å². The Morgan fingerprint density at radius 1 is 1.31 bits per heavy atom. The Morgan fingerprint density at radius 2 is 2.03 bits per heavy atom. The Morgan fingerprint density at radius 3 is 2.69 bits per heavy atom. The van der Waals surface area contributed by atoms with Crippen LogP contribution in [0.15, 0.2) is 23.8 Å². The monoisotopic (exact) mass is 434 g/mol. The first-order chi connectivity index (χ1) is 13.2. The van der Waals surface area contributed by atoms with Gasteiger partial charge in [-0.15, -0.1) is 0 Å². The molecule has 162 valence electrons. The Kier molecular flexibility index (Phi) is 12.0. The zero-order chi connectivity index (χ0) is 20.8. The molecule has 4 nitrogen and oxygen atoms in total. The van der Waals surface area contributed by atoms with E-state index in [-0.39, 0.29) is 53.2 Å². The summed E-state index contributed by atoms with van der Waals surface area (Å²) in [5.41, 5.74) is 1.53. The molecule has 6 heteroatoms. The molecule has 0 bridgehead atoms. The van der Waals surface area contributed by atoms with Crippen LogP contribution in [-0.2, 0) is 4.57 Å². The van der Waals surface area contributed by atoms with Crippen molar-refractivity contribution in [2.75, 3.05) is 12.3 Å². The van der Waals surface area contributed by atoms with Gasteiger partial charge in [0.1, 0.15) is 0 Å². The molecule has 2 fully saturated rings. The maximum atomic E-state index is 11.6. The summed E-state index contributed by atoms with van der Waals surface area (Å²) in [7, 11) is -3.16. The Labute approximate surface area is 200 Å². The second kappa shape index (κ2) is 12.6. The van der Waals surface area contributed by atoms with Crippen LogP contribution in [0.25, 0.3) is 0 Å². The van der Waals surface area contributed by atoms with Gasteiger partial charge in [0, 0.05) is 13.3 Å². The number of hydrogen-bond donors (Lipinski definition) is 2. The van der Waals surface area contributed by atoms with Crippen molar-refractivity contribution in [2.45, 2.75) is 90.8 Å². The van der Waals surface area contributed by atoms with E-state index in [1.54, 1.807) is 6.92 Å². The van der Waals surface area contributed by atoms with E-state index in [0.717, 1.165) is 51.4 Å². The van der Waals surface area contributed by atoms with Gasteiger partial charge in [-0.25, -0.2) is 0 Å². The van der Waals surface area contributed by atoms with Crippen molar-refractivity contribution in [3.05, 3.63) is 23.8 Å². The van der Waals surface area contributed by atoms with Gasteiger partial charge in [-0.3, -0.25) is 0 Å². The molecule has 2 saturated carbocycles. The summed E-state index contributed by atoms with van der Waals surface area (Å²) in [6.45, 7) is 6.15. The first-order valence-corrected chi connectivity index (χ1v) is 13.2. The quantitative estimate of drug-likeness (QED) is 0.224. The zero-order valence-electron chi connectivity index (χ0n) is 19.0. The molecule has 0 radical (unpaired) electrons. The van der Waals surface area contributed by atoms with Gasteiger partial charge >= 0.3 is 29.6 Å². The average Bonchev–Trinajstić information content (AvgIpc) is 3.06. The molecule has 0 aliphatic heterocycles. The second-order valence-corrected chi connectivity index (χ2v) is 12.0. The van der Waals surface area contributed by atoms with E-state index in [1.165, 1.54) is 5.57 Å². The average molecular weight is 435 g/mol. The summed E-state index contributed by atoms with van der Waals surface area (Å²) in [5.74, 6) is 0.521. The van der Waals surface area contributed by atoms with Crippen LogP contribution in [0.1, 0.15) is 78.6 Å². The third kappa shape index (κ3) is 8.22. The van der Waals surface area contributed by atoms with Gasteiger partial charge in [-0.2, -0.15) is 0 Å². The van der Waals surface area contributed by atoms with E-state index in [4.69, 9.17) is 0 Å². The van der Waals surface area contributed by atoms with Gasteiger partial charge in [0.05, 0.1) is 12.2 Å². The summed E-state index contributed by atoms with van der Waals surface area (Å²) in [6.07, 6.45) is 14.5. The van der Waals surface area contributed by atoms with Crippen LogP contribution in [0.4, 0.5) is 0 Å². The molecule has 0 amide bonds. The van der Waals surface area contributed by atoms with Crippen LogP contribution >= 0.6 is 7.37 Å². The second-order valence-electron chi connectivity index (χ2n) is 9.30. The van der Waals surface area contributed by atoms with Crippen LogP contribution in [0.5, 0.6) is 0 Å². The molecule has 6 atom stereocenters. The molecule has 2 aliphatic carbocycles. The molecule has 0 aromatic carbocycles. The molecule has 0 saturated heterocycles. The van der Waals surface area contributed by atoms with Gasteiger partial charge in [0.25, 0.3) is 0 Å². The molecular weight excluding hydrogens is 394 g/mol. The molecule has 0 spiro atoms. The SMILES string of the molecule is CCCCCC(O)/C=C/[C@@H]1C2C/C(=C/CCCP(=O)([O-])CC)C[C@@]2(C)C[C@H]1O.[Na+]. The van der Waals surface area contributed by atoms with Gasteiger partial charge in [-0.1, -0.05) is 63.8 Å². The van der Waals surface area contributed by atoms with Gasteiger partial charge in [0.2, 0.25) is 0 Å². The Hall–Kier alpha value is 0.590. The molecule has 2 rings (SSSR count). The smallest absolute Gasteiger partial charge is 0.799 e. The molecule has 2 aliphatic rings. The topological polar surface area (TPSA) is 80.6 Å². The van der Waals surface area contributed by atoms with E-state index in [0.29, 0.717) is 18.5 Å². The molecule has 0 heterocycles. The molecule has 0 aromatic heterocycles. The van der Waals surface area contributed by atoms with E-state index in [2.05, 4.69) is 26.0 Å². The minimum atomic E-state index is -3.16. The first kappa shape index (κ1) is 27.6. The van der Waals surface area contributed by atoms with Crippen molar-refractivity contribution >= 4 is 7.37 Å². The third-order valence-electron chi connectivity index (χ3n) is 6.87. The number of aliphatic hydroxyl groups is 2. The number of fused-ring (bicyclic) bond motifs is 1. The van der Waals surface area contributed by atoms with Gasteiger partial charge < -0.3 is 19.7 Å². The van der Waals surface area contributed by atoms with Crippen LogP contribution in [0.2, 0.25) is 0 Å². The minimum Gasteiger partial charge on any atom is -0.799 e. The fraction of sp³-hybridized carbons (Fsp3) is 0.826. The van der Waals surface area contributed by atoms with Crippen molar-refractivity contribution in [1.82, 2.24) is 0 Å². The van der Waals surface area contributed by atoms with Crippen molar-refractivity contribution in [3.8, 4) is 0 Å². The molecule has 29 heavy (non-hydrogen) atoms. The van der Waals surface area contributed by atoms with Crippen LogP contribution < -0.4 is 34.5 Å². The largest absolute Gasteiger partial charge is 1.00 e. The fourth-order valence-electron chi connectivity index (χ4n) is 5.13. The summed E-state index contributed by atoms with van der Waals surface area (Å²) < 4.78 is 11.6. The number of hydrogen-bond acceptors (Lipinski definition) is 4. The molecule has 3 unspecified atom stereocenters. The normalized spacial score (nSPS) is 33.6. The van der Waals surface area contributed by atoms with Crippen molar-refractivity contribution in [1.29, 1.82) is 0 Å². The number of rotatable bonds is 11. The van der Waals surface area contributed by atoms with E-state index in [1.807, 2.05) is 6.08 Å². The van der Waals surface area contributed by atoms with Gasteiger partial charge in [0.15, 0.2) is 0 Å². The molecule has 0 aromatic rings. The minimum absolute atomic E-state index is 0. The summed E-state index contributed by atoms with van der Waals surface area (Å²) in [6, 6.07) is 0. The number of aliphatic hydroxyl groups excluding tert-OH is 2. The standard InChI is InChI=1S/C23H41O4P.Na/c1-4-6-7-11-19(24)12-13-20-21-15-18(16-23(21,3)17-22(20)25)10-8-9-14-28(26,27)5-2;/h10,12-13,19-22,24-25H,4-9,11,14-17H2,1-3H3,(H,26,27);/q;+1/p-1/b13-12+,18-10-;/t19?,20-,21?,22-,23+;/m1./s1. The Bertz CT molecular complexity index is 606. The predicted octanol–water partition coefficient (Wildman–Crippen LogP) is 1.65. The summed E-state index contributed by atoms with van der Waals surface area (Å²) in [4.78, 5) is 11.6. The summed E-state index contributed by atoms with van der Waals surface area (Å²) >= 11 is 0. The summed E-state index contributed by atoms with van der Waals surface area (Å²) in [5, 5.41) is 20.8. The molecule has 2 N–H and O–H groups in total. The molecular formula is C23H40NaO4P. The van der Waals surface area contributed by atoms with Gasteiger partial charge in [-0.05, 0) is 62.2 Å². The van der Waals surface area contributed by atoms with Crippen molar-refractivity contribution < 1.29 is 49.2 Å². The maximum absolute atomic E-state index is 11.6. The van der Waals surface area contributed by atoms with Crippen molar-refractivity contribution in [3.63, 3.8) is 0 Å². The van der Waals surface area contributed by atoms with Crippen molar-refractivity contribution in [2.24, 2.45) is 17.3 Å². The zero-order valence-corrected chi connectivity index (χ0v) is 21.9. The van der Waals surface area contributed by atoms with Crippen LogP contribution in [0, 0.1) is 17.3 Å². The fourth-order valence-corrected chi connectivity index (χ4v) is 6.11. The first-order valence-electron chi connectivity index (χ1n) is 11.2. The number of unbranched alkanes of at least 4 members (excludes halogenated alkanes) is 3. The van der Waals surface area contributed by atoms with Crippen LogP contribution in [-0.4, -0.2) is 34.7 Å². The Balaban J connectivity index is 0.00000420. The predicted molar refractivity (Wildman–Crippen MR) is 115 cm³/mol. The van der Waals surface area contributed by atoms with Crippen LogP contribution in [0.3, 0.4) is 0 Å². The maximum Gasteiger partial charge on any atom is 1.00 e. The third-order valence-corrected chi connectivity index (χ3v) is 8.83. The number of allylic oxidation sites excluding steroid dienone is 2.